The number of fused-ring (bicyclic) bond motifs is 3. The quantitative estimate of drug-likeness (QED) is 0.264. The summed E-state index contributed by atoms with van der Waals surface area (Å²) < 4.78 is 38.1. The number of aromatic hydroxyl groups is 1. The minimum Gasteiger partial charge on any atom is -0.508 e. The molecular formula is C34H39F2N5O2. The van der Waals surface area contributed by atoms with Crippen molar-refractivity contribution in [2.45, 2.75) is 64.8 Å². The first-order valence-corrected chi connectivity index (χ1v) is 15.7. The normalized spacial score (nSPS) is 22.0. The monoisotopic (exact) mass is 587 g/mol. The van der Waals surface area contributed by atoms with Crippen molar-refractivity contribution in [1.82, 2.24) is 19.9 Å². The van der Waals surface area contributed by atoms with Gasteiger partial charge >= 0.3 is 6.01 Å². The Balaban J connectivity index is 1.39. The van der Waals surface area contributed by atoms with Gasteiger partial charge in [0.1, 0.15) is 35.2 Å². The Morgan fingerprint density at radius 1 is 1.05 bits per heavy atom. The number of ether oxygens (including phenoxy) is 1. The maximum atomic E-state index is 16.8. The molecule has 2 aromatic heterocycles. The fraction of sp³-hybridized carbons (Fsp3) is 0.500. The predicted molar refractivity (Wildman–Crippen MR) is 165 cm³/mol. The number of aryl methyl sites for hydroxylation is 1. The van der Waals surface area contributed by atoms with E-state index in [9.17, 15) is 9.50 Å². The van der Waals surface area contributed by atoms with E-state index < -0.39 is 5.82 Å². The molecule has 0 aliphatic carbocycles. The summed E-state index contributed by atoms with van der Waals surface area (Å²) in [6, 6.07) is 6.17. The van der Waals surface area contributed by atoms with Gasteiger partial charge in [0.15, 0.2) is 5.82 Å². The van der Waals surface area contributed by atoms with Gasteiger partial charge in [-0.2, -0.15) is 9.97 Å². The van der Waals surface area contributed by atoms with Crippen LogP contribution in [0, 0.1) is 23.5 Å². The van der Waals surface area contributed by atoms with E-state index in [4.69, 9.17) is 9.72 Å². The molecule has 3 aliphatic heterocycles. The summed E-state index contributed by atoms with van der Waals surface area (Å²) in [5.74, 6) is 0.497. The molecule has 2 unspecified atom stereocenters. The molecule has 1 N–H and O–H groups in total. The van der Waals surface area contributed by atoms with E-state index in [1.165, 1.54) is 12.1 Å². The number of piperidine rings is 1. The van der Waals surface area contributed by atoms with Crippen LogP contribution in [0.2, 0.25) is 0 Å². The van der Waals surface area contributed by atoms with E-state index in [1.54, 1.807) is 18.3 Å². The molecule has 0 spiro atoms. The Labute approximate surface area is 250 Å². The number of aromatic nitrogens is 3. The summed E-state index contributed by atoms with van der Waals surface area (Å²) in [7, 11) is 0. The Morgan fingerprint density at radius 2 is 1.79 bits per heavy atom. The van der Waals surface area contributed by atoms with Gasteiger partial charge in [-0.15, -0.1) is 0 Å². The first-order chi connectivity index (χ1) is 20.8. The molecule has 0 amide bonds. The van der Waals surface area contributed by atoms with E-state index >= 15 is 4.39 Å². The maximum Gasteiger partial charge on any atom is 0.319 e. The zero-order chi connectivity index (χ0) is 29.9. The fourth-order valence-corrected chi connectivity index (χ4v) is 8.04. The Morgan fingerprint density at radius 3 is 2.51 bits per heavy atom. The molecule has 3 aliphatic rings. The smallest absolute Gasteiger partial charge is 0.319 e. The third kappa shape index (κ3) is 4.86. The van der Waals surface area contributed by atoms with Gasteiger partial charge in [-0.25, -0.2) is 8.78 Å². The van der Waals surface area contributed by atoms with E-state index in [-0.39, 0.29) is 34.3 Å². The lowest BCUT2D eigenvalue weighted by atomic mass is 9.91. The summed E-state index contributed by atoms with van der Waals surface area (Å²) in [5, 5.41) is 12.2. The Bertz CT molecular complexity index is 1690. The van der Waals surface area contributed by atoms with E-state index in [1.807, 2.05) is 6.92 Å². The van der Waals surface area contributed by atoms with Crippen LogP contribution in [0.15, 0.2) is 30.5 Å². The van der Waals surface area contributed by atoms with E-state index in [0.717, 1.165) is 58.3 Å². The molecule has 0 saturated carbocycles. The number of anilines is 1. The summed E-state index contributed by atoms with van der Waals surface area (Å²) >= 11 is 0. The number of rotatable bonds is 6. The van der Waals surface area contributed by atoms with Crippen molar-refractivity contribution in [2.75, 3.05) is 37.7 Å². The second-order valence-corrected chi connectivity index (χ2v) is 13.0. The third-order valence-corrected chi connectivity index (χ3v) is 9.85. The average Bonchev–Trinajstić information content (AvgIpc) is 3.56. The molecule has 7 rings (SSSR count). The van der Waals surface area contributed by atoms with Crippen LogP contribution in [-0.2, 0) is 6.42 Å². The molecule has 3 saturated heterocycles. The highest BCUT2D eigenvalue weighted by Crippen LogP contribution is 2.41. The SMILES string of the molecule is CCc1c(F)ccc2cc(O)cc(-c3ncc4c(N5CC(C)CC(C)C5)nc(OCC56CCCN5CCC6)nc4c3F)c12. The third-order valence-electron chi connectivity index (χ3n) is 9.85. The number of halogens is 2. The van der Waals surface area contributed by atoms with Gasteiger partial charge in [-0.1, -0.05) is 26.8 Å². The summed E-state index contributed by atoms with van der Waals surface area (Å²) in [6.07, 6.45) is 7.61. The van der Waals surface area contributed by atoms with Crippen LogP contribution < -0.4 is 9.64 Å². The molecule has 3 fully saturated rings. The zero-order valence-corrected chi connectivity index (χ0v) is 25.2. The van der Waals surface area contributed by atoms with Crippen LogP contribution in [0.3, 0.4) is 0 Å². The van der Waals surface area contributed by atoms with Gasteiger partial charge in [0.25, 0.3) is 0 Å². The minimum atomic E-state index is -0.635. The molecule has 43 heavy (non-hydrogen) atoms. The van der Waals surface area contributed by atoms with Crippen molar-refractivity contribution < 1.29 is 18.6 Å². The summed E-state index contributed by atoms with van der Waals surface area (Å²) in [6.45, 7) is 10.5. The predicted octanol–water partition coefficient (Wildman–Crippen LogP) is 6.88. The molecular weight excluding hydrogens is 548 g/mol. The second-order valence-electron chi connectivity index (χ2n) is 13.0. The highest BCUT2D eigenvalue weighted by atomic mass is 19.1. The lowest BCUT2D eigenvalue weighted by Gasteiger charge is -2.36. The fourth-order valence-electron chi connectivity index (χ4n) is 8.04. The van der Waals surface area contributed by atoms with Crippen molar-refractivity contribution in [1.29, 1.82) is 0 Å². The maximum absolute atomic E-state index is 16.8. The minimum absolute atomic E-state index is 0.00428. The number of phenols is 1. The number of hydrogen-bond acceptors (Lipinski definition) is 7. The number of nitrogens with zero attached hydrogens (tertiary/aromatic N) is 5. The van der Waals surface area contributed by atoms with Gasteiger partial charge in [0.05, 0.1) is 10.9 Å². The van der Waals surface area contributed by atoms with Crippen LogP contribution in [0.1, 0.15) is 58.4 Å². The van der Waals surface area contributed by atoms with Gasteiger partial charge in [-0.3, -0.25) is 9.88 Å². The molecule has 9 heteroatoms. The number of phenolic OH excluding ortho intramolecular Hbond substituents is 1. The number of benzene rings is 2. The van der Waals surface area contributed by atoms with Crippen molar-refractivity contribution in [2.24, 2.45) is 11.8 Å². The molecule has 2 aromatic carbocycles. The number of pyridine rings is 1. The van der Waals surface area contributed by atoms with Crippen LogP contribution in [0.25, 0.3) is 32.9 Å². The molecule has 4 aromatic rings. The largest absolute Gasteiger partial charge is 0.508 e. The van der Waals surface area contributed by atoms with Crippen LogP contribution in [-0.4, -0.2) is 63.3 Å². The molecule has 7 nitrogen and oxygen atoms in total. The Kier molecular flexibility index (Phi) is 7.11. The summed E-state index contributed by atoms with van der Waals surface area (Å²) in [4.78, 5) is 18.9. The molecule has 226 valence electrons. The first-order valence-electron chi connectivity index (χ1n) is 15.7. The zero-order valence-electron chi connectivity index (χ0n) is 25.2. The van der Waals surface area contributed by atoms with Crippen molar-refractivity contribution in [3.63, 3.8) is 0 Å². The highest BCUT2D eigenvalue weighted by molar-refractivity contribution is 6.01. The topological polar surface area (TPSA) is 74.6 Å². The average molecular weight is 588 g/mol. The Hall–Kier alpha value is -3.59. The van der Waals surface area contributed by atoms with Gasteiger partial charge in [0.2, 0.25) is 0 Å². The van der Waals surface area contributed by atoms with Gasteiger partial charge in [0, 0.05) is 24.8 Å². The van der Waals surface area contributed by atoms with Crippen LogP contribution in [0.4, 0.5) is 14.6 Å². The molecule has 0 bridgehead atoms. The highest BCUT2D eigenvalue weighted by Gasteiger charge is 2.45. The van der Waals surface area contributed by atoms with E-state index in [0.29, 0.717) is 58.0 Å². The van der Waals surface area contributed by atoms with Crippen LogP contribution >= 0.6 is 0 Å². The lowest BCUT2D eigenvalue weighted by Crippen LogP contribution is -2.43. The summed E-state index contributed by atoms with van der Waals surface area (Å²) in [5.41, 5.74) is 0.917. The lowest BCUT2D eigenvalue weighted by molar-refractivity contribution is 0.108. The molecule has 0 radical (unpaired) electrons. The van der Waals surface area contributed by atoms with Crippen LogP contribution in [0.5, 0.6) is 11.8 Å². The second kappa shape index (κ2) is 10.8. The van der Waals surface area contributed by atoms with Gasteiger partial charge in [-0.05, 0) is 98.0 Å². The van der Waals surface area contributed by atoms with Gasteiger partial charge < -0.3 is 14.7 Å². The number of hydrogen-bond donors (Lipinski definition) is 1. The van der Waals surface area contributed by atoms with Crippen molar-refractivity contribution >= 4 is 27.5 Å². The molecule has 2 atom stereocenters. The first kappa shape index (κ1) is 28.2. The molecule has 5 heterocycles. The van der Waals surface area contributed by atoms with Crippen molar-refractivity contribution in [3.05, 3.63) is 47.7 Å². The van der Waals surface area contributed by atoms with Crippen molar-refractivity contribution in [3.8, 4) is 23.0 Å². The standard InChI is InChI=1S/C34H39F2N5O2/c1-4-24-27(35)8-7-22-14-23(42)15-25(28(22)24)30-29(36)31-26(16-37-30)32(40-17-20(2)13-21(3)18-40)39-33(38-31)43-19-34-9-5-11-41(34)12-6-10-34/h7-8,14-16,20-21,42H,4-6,9-13,17-19H2,1-3H3. The van der Waals surface area contributed by atoms with E-state index in [2.05, 4.69) is 33.6 Å².